The van der Waals surface area contributed by atoms with Crippen LogP contribution >= 0.6 is 0 Å². The predicted molar refractivity (Wildman–Crippen MR) is 56.6 cm³/mol. The van der Waals surface area contributed by atoms with Gasteiger partial charge in [-0.2, -0.15) is 9.78 Å². The Bertz CT molecular complexity index is 299. The second kappa shape index (κ2) is 3.96. The molecule has 0 aliphatic carbocycles. The van der Waals surface area contributed by atoms with Gasteiger partial charge in [0.15, 0.2) is 0 Å². The van der Waals surface area contributed by atoms with Gasteiger partial charge in [-0.05, 0) is 41.5 Å². The minimum absolute atomic E-state index is 0.735. The second-order valence-corrected chi connectivity index (χ2v) is 5.79. The largest absolute Gasteiger partial charge is 0.455 e. The molecule has 6 nitrogen and oxygen atoms in total. The fraction of sp³-hybridized carbons (Fsp3) is 0.818. The summed E-state index contributed by atoms with van der Waals surface area (Å²) in [5.74, 6) is -3.85. The van der Waals surface area contributed by atoms with Crippen molar-refractivity contribution in [2.45, 2.75) is 58.5 Å². The van der Waals surface area contributed by atoms with E-state index < -0.39 is 28.9 Å². The van der Waals surface area contributed by atoms with Gasteiger partial charge >= 0.3 is 17.7 Å². The molecular formula is C11H18O6. The molecule has 0 saturated carbocycles. The van der Waals surface area contributed by atoms with E-state index in [1.54, 1.807) is 41.5 Å². The Morgan fingerprint density at radius 2 is 1.12 bits per heavy atom. The summed E-state index contributed by atoms with van der Waals surface area (Å²) in [4.78, 5) is 32.3. The molecule has 1 heterocycles. The molecule has 0 radical (unpaired) electrons. The first-order chi connectivity index (χ1) is 7.46. The van der Waals surface area contributed by atoms with Gasteiger partial charge < -0.3 is 9.47 Å². The lowest BCUT2D eigenvalue weighted by atomic mass is 10.1. The van der Waals surface area contributed by atoms with Gasteiger partial charge in [0.05, 0.1) is 0 Å². The monoisotopic (exact) mass is 246 g/mol. The van der Waals surface area contributed by atoms with E-state index >= 15 is 0 Å². The van der Waals surface area contributed by atoms with Crippen molar-refractivity contribution < 1.29 is 28.8 Å². The number of carbonyl (C=O) groups is 2. The normalized spacial score (nSPS) is 18.5. The molecule has 1 saturated heterocycles. The summed E-state index contributed by atoms with van der Waals surface area (Å²) in [7, 11) is 0. The van der Waals surface area contributed by atoms with Gasteiger partial charge in [0.25, 0.3) is 0 Å². The first-order valence-electron chi connectivity index (χ1n) is 5.30. The maximum absolute atomic E-state index is 11.7. The lowest BCUT2D eigenvalue weighted by Crippen LogP contribution is -2.43. The zero-order chi connectivity index (χ0) is 13.5. The van der Waals surface area contributed by atoms with Crippen molar-refractivity contribution in [3.05, 3.63) is 0 Å². The Kier molecular flexibility index (Phi) is 3.24. The van der Waals surface area contributed by atoms with Crippen LogP contribution in [-0.2, 0) is 28.8 Å². The second-order valence-electron chi connectivity index (χ2n) is 5.79. The van der Waals surface area contributed by atoms with E-state index in [4.69, 9.17) is 9.47 Å². The van der Waals surface area contributed by atoms with Crippen molar-refractivity contribution in [2.75, 3.05) is 0 Å². The highest BCUT2D eigenvalue weighted by Gasteiger charge is 2.68. The van der Waals surface area contributed by atoms with Crippen LogP contribution in [0.3, 0.4) is 0 Å². The molecule has 0 N–H and O–H groups in total. The minimum atomic E-state index is -2.04. The van der Waals surface area contributed by atoms with Crippen LogP contribution in [0, 0.1) is 0 Å². The Balaban J connectivity index is 2.70. The van der Waals surface area contributed by atoms with Crippen molar-refractivity contribution in [1.29, 1.82) is 0 Å². The van der Waals surface area contributed by atoms with Gasteiger partial charge in [-0.15, -0.1) is 0 Å². The molecule has 0 unspecified atom stereocenters. The molecule has 17 heavy (non-hydrogen) atoms. The zero-order valence-electron chi connectivity index (χ0n) is 10.9. The fourth-order valence-corrected chi connectivity index (χ4v) is 0.952. The zero-order valence-corrected chi connectivity index (χ0v) is 10.9. The first kappa shape index (κ1) is 13.9. The van der Waals surface area contributed by atoms with Gasteiger partial charge in [0.2, 0.25) is 0 Å². The molecule has 0 bridgehead atoms. The third kappa shape index (κ3) is 3.67. The Labute approximate surface area is 100 Å². The third-order valence-corrected chi connectivity index (χ3v) is 1.59. The molecule has 1 rings (SSSR count). The summed E-state index contributed by atoms with van der Waals surface area (Å²) in [6.45, 7) is 10.1. The standard InChI is InChI=1S/C11H18O6/c1-9(2,3)14-7(12)11(16-17-11)8(13)15-10(4,5)6/h1-6H3. The topological polar surface area (TPSA) is 77.7 Å². The summed E-state index contributed by atoms with van der Waals surface area (Å²) in [6, 6.07) is 0. The van der Waals surface area contributed by atoms with Gasteiger partial charge in [0, 0.05) is 0 Å². The van der Waals surface area contributed by atoms with Crippen LogP contribution in [0.15, 0.2) is 0 Å². The molecule has 98 valence electrons. The molecular weight excluding hydrogens is 228 g/mol. The van der Waals surface area contributed by atoms with Crippen LogP contribution in [0.2, 0.25) is 0 Å². The van der Waals surface area contributed by atoms with Crippen molar-refractivity contribution in [3.63, 3.8) is 0 Å². The highest BCUT2D eigenvalue weighted by Crippen LogP contribution is 2.35. The third-order valence-electron chi connectivity index (χ3n) is 1.59. The summed E-state index contributed by atoms with van der Waals surface area (Å²) >= 11 is 0. The first-order valence-corrected chi connectivity index (χ1v) is 5.30. The average molecular weight is 246 g/mol. The molecule has 0 atom stereocenters. The number of hydrogen-bond acceptors (Lipinski definition) is 6. The molecule has 0 spiro atoms. The molecule has 1 aliphatic rings. The lowest BCUT2D eigenvalue weighted by Gasteiger charge is -2.22. The average Bonchev–Trinajstić information content (AvgIpc) is 2.75. The van der Waals surface area contributed by atoms with Crippen LogP contribution in [0.5, 0.6) is 0 Å². The molecule has 1 fully saturated rings. The Morgan fingerprint density at radius 3 is 1.29 bits per heavy atom. The number of carbonyl (C=O) groups excluding carboxylic acids is 2. The van der Waals surface area contributed by atoms with E-state index in [1.165, 1.54) is 0 Å². The van der Waals surface area contributed by atoms with Crippen molar-refractivity contribution in [2.24, 2.45) is 0 Å². The summed E-state index contributed by atoms with van der Waals surface area (Å²) in [5, 5.41) is 0. The fourth-order valence-electron chi connectivity index (χ4n) is 0.952. The van der Waals surface area contributed by atoms with E-state index in [-0.39, 0.29) is 0 Å². The van der Waals surface area contributed by atoms with Crippen molar-refractivity contribution >= 4 is 11.9 Å². The van der Waals surface area contributed by atoms with Crippen LogP contribution in [-0.4, -0.2) is 28.9 Å². The number of hydrogen-bond donors (Lipinski definition) is 0. The van der Waals surface area contributed by atoms with Crippen LogP contribution in [0.4, 0.5) is 0 Å². The maximum Gasteiger partial charge on any atom is 0.423 e. The van der Waals surface area contributed by atoms with Gasteiger partial charge in [-0.25, -0.2) is 9.59 Å². The number of rotatable bonds is 2. The minimum Gasteiger partial charge on any atom is -0.455 e. The van der Waals surface area contributed by atoms with Gasteiger partial charge in [0.1, 0.15) is 11.2 Å². The molecule has 0 amide bonds. The van der Waals surface area contributed by atoms with Crippen molar-refractivity contribution in [1.82, 2.24) is 0 Å². The lowest BCUT2D eigenvalue weighted by molar-refractivity contribution is -0.178. The molecule has 6 heteroatoms. The summed E-state index contributed by atoms with van der Waals surface area (Å²) in [5.41, 5.74) is -1.47. The predicted octanol–water partition coefficient (Wildman–Crippen LogP) is 1.33. The van der Waals surface area contributed by atoms with Crippen molar-refractivity contribution in [3.8, 4) is 0 Å². The van der Waals surface area contributed by atoms with E-state index in [9.17, 15) is 9.59 Å². The molecule has 0 aromatic carbocycles. The van der Waals surface area contributed by atoms with Gasteiger partial charge in [-0.3, -0.25) is 0 Å². The number of esters is 2. The highest BCUT2D eigenvalue weighted by molar-refractivity contribution is 6.03. The number of ether oxygens (including phenoxy) is 2. The van der Waals surface area contributed by atoms with Gasteiger partial charge in [-0.1, -0.05) is 0 Å². The smallest absolute Gasteiger partial charge is 0.423 e. The highest BCUT2D eigenvalue weighted by atomic mass is 17.4. The van der Waals surface area contributed by atoms with Crippen LogP contribution < -0.4 is 0 Å². The van der Waals surface area contributed by atoms with E-state index in [0.717, 1.165) is 0 Å². The summed E-state index contributed by atoms with van der Waals surface area (Å²) in [6.07, 6.45) is 0. The molecule has 0 aromatic rings. The maximum atomic E-state index is 11.7. The Morgan fingerprint density at radius 1 is 0.824 bits per heavy atom. The molecule has 0 aromatic heterocycles. The Hall–Kier alpha value is -1.14. The van der Waals surface area contributed by atoms with E-state index in [0.29, 0.717) is 0 Å². The molecule has 1 aliphatic heterocycles. The quantitative estimate of drug-likeness (QED) is 0.316. The van der Waals surface area contributed by atoms with Crippen LogP contribution in [0.1, 0.15) is 41.5 Å². The SMILES string of the molecule is CC(C)(C)OC(=O)C1(C(=O)OC(C)(C)C)OO1. The van der Waals surface area contributed by atoms with E-state index in [2.05, 4.69) is 9.78 Å². The van der Waals surface area contributed by atoms with E-state index in [1.807, 2.05) is 0 Å². The van der Waals surface area contributed by atoms with Crippen LogP contribution in [0.25, 0.3) is 0 Å². The summed E-state index contributed by atoms with van der Waals surface area (Å²) < 4.78 is 10.0.